The van der Waals surface area contributed by atoms with Gasteiger partial charge in [0.1, 0.15) is 5.82 Å². The zero-order valence-electron chi connectivity index (χ0n) is 7.61. The van der Waals surface area contributed by atoms with Crippen molar-refractivity contribution in [1.82, 2.24) is 10.8 Å². The van der Waals surface area contributed by atoms with E-state index in [1.54, 1.807) is 12.1 Å². The molecule has 4 nitrogen and oxygen atoms in total. The average Bonchev–Trinajstić information content (AvgIpc) is 2.17. The lowest BCUT2D eigenvalue weighted by molar-refractivity contribution is -0.0198. The van der Waals surface area contributed by atoms with E-state index in [1.807, 2.05) is 18.2 Å². The average molecular weight is 210 g/mol. The zero-order valence-corrected chi connectivity index (χ0v) is 7.61. The van der Waals surface area contributed by atoms with Crippen molar-refractivity contribution in [1.29, 1.82) is 0 Å². The molecule has 78 valence electrons. The van der Waals surface area contributed by atoms with Crippen LogP contribution in [0.25, 0.3) is 0 Å². The SMILES string of the molecule is FC1=NN(F)NC(Nc2ccccc2)=C1. The van der Waals surface area contributed by atoms with E-state index in [0.29, 0.717) is 0 Å². The third kappa shape index (κ3) is 2.43. The number of nitrogens with zero attached hydrogens (tertiary/aromatic N) is 2. The number of hydrogen-bond donors (Lipinski definition) is 2. The van der Waals surface area contributed by atoms with Crippen LogP contribution in [0.3, 0.4) is 0 Å². The number of halogens is 2. The van der Waals surface area contributed by atoms with Crippen molar-refractivity contribution < 1.29 is 8.87 Å². The van der Waals surface area contributed by atoms with Gasteiger partial charge in [-0.1, -0.05) is 27.8 Å². The summed E-state index contributed by atoms with van der Waals surface area (Å²) in [7, 11) is 0. The fourth-order valence-corrected chi connectivity index (χ4v) is 1.13. The maximum atomic E-state index is 12.7. The molecule has 0 unspecified atom stereocenters. The van der Waals surface area contributed by atoms with Gasteiger partial charge in [0.25, 0.3) is 0 Å². The van der Waals surface area contributed by atoms with Gasteiger partial charge in [-0.2, -0.15) is 4.39 Å². The van der Waals surface area contributed by atoms with Crippen molar-refractivity contribution in [3.8, 4) is 0 Å². The van der Waals surface area contributed by atoms with Crippen LogP contribution < -0.4 is 10.7 Å². The van der Waals surface area contributed by atoms with Crippen LogP contribution in [0.1, 0.15) is 0 Å². The molecule has 2 N–H and O–H groups in total. The minimum absolute atomic E-state index is 0.177. The molecule has 0 amide bonds. The summed E-state index contributed by atoms with van der Waals surface area (Å²) in [5.41, 5.74) is 2.91. The summed E-state index contributed by atoms with van der Waals surface area (Å²) < 4.78 is 25.3. The largest absolute Gasteiger partial charge is 0.340 e. The summed E-state index contributed by atoms with van der Waals surface area (Å²) in [5.74, 6) is -0.731. The highest BCUT2D eigenvalue weighted by atomic mass is 19.2. The zero-order chi connectivity index (χ0) is 10.7. The molecule has 0 spiro atoms. The van der Waals surface area contributed by atoms with E-state index in [-0.39, 0.29) is 11.2 Å². The molecule has 0 saturated heterocycles. The van der Waals surface area contributed by atoms with Gasteiger partial charge in [-0.25, -0.2) is 5.43 Å². The first-order valence-electron chi connectivity index (χ1n) is 4.24. The van der Waals surface area contributed by atoms with Crippen LogP contribution in [0.5, 0.6) is 0 Å². The van der Waals surface area contributed by atoms with Gasteiger partial charge >= 0.3 is 0 Å². The second-order valence-corrected chi connectivity index (χ2v) is 2.84. The fourth-order valence-electron chi connectivity index (χ4n) is 1.13. The van der Waals surface area contributed by atoms with Crippen molar-refractivity contribution >= 4 is 11.7 Å². The number of hydrazine groups is 1. The molecule has 1 aromatic rings. The van der Waals surface area contributed by atoms with E-state index in [0.717, 1.165) is 11.8 Å². The lowest BCUT2D eigenvalue weighted by atomic mass is 10.3. The Kier molecular flexibility index (Phi) is 2.49. The Morgan fingerprint density at radius 1 is 1.27 bits per heavy atom. The van der Waals surface area contributed by atoms with Crippen molar-refractivity contribution in [2.45, 2.75) is 0 Å². The predicted octanol–water partition coefficient (Wildman–Crippen LogP) is 1.93. The first-order chi connectivity index (χ1) is 7.24. The standard InChI is InChI=1S/C9H8F2N4/c10-8-6-9(14-15(11)13-8)12-7-4-2-1-3-5-7/h1-6,12,14H. The first-order valence-corrected chi connectivity index (χ1v) is 4.24. The molecule has 15 heavy (non-hydrogen) atoms. The third-order valence-corrected chi connectivity index (χ3v) is 1.71. The molecular weight excluding hydrogens is 202 g/mol. The van der Waals surface area contributed by atoms with Crippen LogP contribution in [0, 0.1) is 0 Å². The lowest BCUT2D eigenvalue weighted by Crippen LogP contribution is -2.33. The molecule has 0 aliphatic carbocycles. The number of benzene rings is 1. The minimum Gasteiger partial charge on any atom is -0.340 e. The molecule has 1 aliphatic heterocycles. The topological polar surface area (TPSA) is 39.7 Å². The van der Waals surface area contributed by atoms with Gasteiger partial charge in [0.05, 0.1) is 0 Å². The molecule has 0 radical (unpaired) electrons. The van der Waals surface area contributed by atoms with Gasteiger partial charge in [0, 0.05) is 11.8 Å². The van der Waals surface area contributed by atoms with Crippen LogP contribution in [-0.4, -0.2) is 11.3 Å². The van der Waals surface area contributed by atoms with Crippen LogP contribution >= 0.6 is 0 Å². The molecule has 0 atom stereocenters. The number of hydrogen-bond acceptors (Lipinski definition) is 4. The number of rotatable bonds is 2. The Hall–Kier alpha value is -2.11. The molecule has 0 fully saturated rings. The fraction of sp³-hybridized carbons (Fsp3) is 0. The highest BCUT2D eigenvalue weighted by Crippen LogP contribution is 2.10. The van der Waals surface area contributed by atoms with Crippen molar-refractivity contribution in [2.75, 3.05) is 5.32 Å². The smallest absolute Gasteiger partial charge is 0.239 e. The summed E-state index contributed by atoms with van der Waals surface area (Å²) in [6, 6.07) is 9.01. The van der Waals surface area contributed by atoms with E-state index in [1.165, 1.54) is 0 Å². The second-order valence-electron chi connectivity index (χ2n) is 2.84. The molecule has 0 bridgehead atoms. The van der Waals surface area contributed by atoms with Gasteiger partial charge in [0.15, 0.2) is 0 Å². The maximum Gasteiger partial charge on any atom is 0.239 e. The number of para-hydroxylation sites is 1. The predicted molar refractivity (Wildman–Crippen MR) is 52.8 cm³/mol. The van der Waals surface area contributed by atoms with Crippen molar-refractivity contribution in [2.24, 2.45) is 5.10 Å². The van der Waals surface area contributed by atoms with E-state index in [9.17, 15) is 8.87 Å². The van der Waals surface area contributed by atoms with Crippen LogP contribution in [-0.2, 0) is 0 Å². The molecule has 1 heterocycles. The van der Waals surface area contributed by atoms with Gasteiger partial charge in [-0.05, 0) is 17.5 Å². The van der Waals surface area contributed by atoms with Crippen LogP contribution in [0.4, 0.5) is 14.6 Å². The molecule has 1 aromatic carbocycles. The molecule has 6 heteroatoms. The summed E-state index contributed by atoms with van der Waals surface area (Å²) in [4.78, 5) is 0. The Bertz CT molecular complexity index is 402. The molecule has 2 rings (SSSR count). The van der Waals surface area contributed by atoms with Crippen molar-refractivity contribution in [3.05, 3.63) is 42.2 Å². The lowest BCUT2D eigenvalue weighted by Gasteiger charge is -2.18. The maximum absolute atomic E-state index is 12.7. The molecular formula is C9H8F2N4. The first kappa shape index (κ1) is 9.45. The monoisotopic (exact) mass is 210 g/mol. The van der Waals surface area contributed by atoms with Gasteiger partial charge in [0.2, 0.25) is 5.97 Å². The Balaban J connectivity index is 2.11. The number of allylic oxidation sites excluding steroid dienone is 1. The third-order valence-electron chi connectivity index (χ3n) is 1.71. The summed E-state index contributed by atoms with van der Waals surface area (Å²) >= 11 is 0. The van der Waals surface area contributed by atoms with Gasteiger partial charge in [-0.15, -0.1) is 0 Å². The number of anilines is 1. The quantitative estimate of drug-likeness (QED) is 0.732. The molecule has 0 aromatic heterocycles. The second kappa shape index (κ2) is 3.95. The highest BCUT2D eigenvalue weighted by Gasteiger charge is 2.11. The van der Waals surface area contributed by atoms with Gasteiger partial charge in [-0.3, -0.25) is 0 Å². The highest BCUT2D eigenvalue weighted by molar-refractivity contribution is 5.87. The Morgan fingerprint density at radius 2 is 2.00 bits per heavy atom. The molecule has 0 saturated carbocycles. The summed E-state index contributed by atoms with van der Waals surface area (Å²) in [6.45, 7) is 0. The summed E-state index contributed by atoms with van der Waals surface area (Å²) in [5, 5.41) is 5.46. The van der Waals surface area contributed by atoms with Gasteiger partial charge < -0.3 is 5.32 Å². The minimum atomic E-state index is -0.908. The Labute approximate surface area is 84.8 Å². The van der Waals surface area contributed by atoms with Crippen LogP contribution in [0.15, 0.2) is 47.3 Å². The van der Waals surface area contributed by atoms with E-state index < -0.39 is 5.97 Å². The number of hydrazone groups is 1. The number of nitrogens with one attached hydrogen (secondary N) is 2. The van der Waals surface area contributed by atoms with Crippen LogP contribution in [0.2, 0.25) is 0 Å². The molecule has 1 aliphatic rings. The van der Waals surface area contributed by atoms with E-state index in [2.05, 4.69) is 15.8 Å². The Morgan fingerprint density at radius 3 is 2.67 bits per heavy atom. The van der Waals surface area contributed by atoms with E-state index in [4.69, 9.17) is 0 Å². The summed E-state index contributed by atoms with van der Waals surface area (Å²) in [6.07, 6.45) is 1.06. The normalized spacial score (nSPS) is 15.2. The van der Waals surface area contributed by atoms with E-state index >= 15 is 0 Å². The van der Waals surface area contributed by atoms with Crippen molar-refractivity contribution in [3.63, 3.8) is 0 Å².